The standard InChI is InChI=1S/C17H25N3/c1-13(2)20-16-10-6-5-9-15(16)18-17(20)14(3)19-11-7-4-8-12-19/h5-6,9-10,13-14H,4,7-8,11-12H2,1-3H3. The molecule has 2 aromatic rings. The molecule has 1 aromatic heterocycles. The monoisotopic (exact) mass is 271 g/mol. The number of fused-ring (bicyclic) bond motifs is 1. The fraction of sp³-hybridized carbons (Fsp3) is 0.588. The first-order chi connectivity index (χ1) is 9.68. The first kappa shape index (κ1) is 13.6. The van der Waals surface area contributed by atoms with Crippen LogP contribution in [0.1, 0.15) is 57.9 Å². The number of aromatic nitrogens is 2. The third-order valence-electron chi connectivity index (χ3n) is 4.45. The summed E-state index contributed by atoms with van der Waals surface area (Å²) in [6.45, 7) is 9.23. The van der Waals surface area contributed by atoms with Crippen LogP contribution in [0.3, 0.4) is 0 Å². The molecule has 20 heavy (non-hydrogen) atoms. The van der Waals surface area contributed by atoms with Gasteiger partial charge in [0.15, 0.2) is 0 Å². The molecule has 1 aliphatic heterocycles. The van der Waals surface area contributed by atoms with Gasteiger partial charge in [0.1, 0.15) is 5.82 Å². The van der Waals surface area contributed by atoms with Crippen molar-refractivity contribution in [2.45, 2.75) is 52.1 Å². The van der Waals surface area contributed by atoms with Crippen LogP contribution in [0.4, 0.5) is 0 Å². The van der Waals surface area contributed by atoms with Gasteiger partial charge in [-0.15, -0.1) is 0 Å². The fourth-order valence-corrected chi connectivity index (χ4v) is 3.37. The van der Waals surface area contributed by atoms with Gasteiger partial charge in [-0.05, 0) is 58.8 Å². The second-order valence-electron chi connectivity index (χ2n) is 6.20. The minimum atomic E-state index is 0.408. The van der Waals surface area contributed by atoms with Crippen LogP contribution in [0.2, 0.25) is 0 Å². The van der Waals surface area contributed by atoms with Crippen molar-refractivity contribution < 1.29 is 0 Å². The van der Waals surface area contributed by atoms with Gasteiger partial charge in [-0.25, -0.2) is 4.98 Å². The minimum Gasteiger partial charge on any atom is -0.324 e. The maximum absolute atomic E-state index is 4.93. The first-order valence-electron chi connectivity index (χ1n) is 7.89. The lowest BCUT2D eigenvalue weighted by molar-refractivity contribution is 0.165. The summed E-state index contributed by atoms with van der Waals surface area (Å²) in [5, 5.41) is 0. The molecular weight excluding hydrogens is 246 g/mol. The van der Waals surface area contributed by atoms with E-state index in [4.69, 9.17) is 4.98 Å². The first-order valence-corrected chi connectivity index (χ1v) is 7.89. The summed E-state index contributed by atoms with van der Waals surface area (Å²) < 4.78 is 2.41. The highest BCUT2D eigenvalue weighted by molar-refractivity contribution is 5.76. The summed E-state index contributed by atoms with van der Waals surface area (Å²) in [5.41, 5.74) is 2.39. The van der Waals surface area contributed by atoms with Crippen LogP contribution in [0.5, 0.6) is 0 Å². The number of hydrogen-bond donors (Lipinski definition) is 0. The molecule has 1 saturated heterocycles. The molecule has 3 nitrogen and oxygen atoms in total. The van der Waals surface area contributed by atoms with Crippen LogP contribution in [0.25, 0.3) is 11.0 Å². The van der Waals surface area contributed by atoms with Crippen molar-refractivity contribution in [1.29, 1.82) is 0 Å². The lowest BCUT2D eigenvalue weighted by atomic mass is 10.1. The molecule has 1 unspecified atom stereocenters. The Hall–Kier alpha value is -1.35. The summed E-state index contributed by atoms with van der Waals surface area (Å²) in [6, 6.07) is 9.36. The Morgan fingerprint density at radius 2 is 1.70 bits per heavy atom. The zero-order valence-corrected chi connectivity index (χ0v) is 12.8. The summed E-state index contributed by atoms with van der Waals surface area (Å²) >= 11 is 0. The third-order valence-corrected chi connectivity index (χ3v) is 4.45. The van der Waals surface area contributed by atoms with Gasteiger partial charge < -0.3 is 4.57 Å². The van der Waals surface area contributed by atoms with Gasteiger partial charge in [0.25, 0.3) is 0 Å². The Morgan fingerprint density at radius 1 is 1.00 bits per heavy atom. The summed E-state index contributed by atoms with van der Waals surface area (Å²) in [6.07, 6.45) is 4.03. The van der Waals surface area contributed by atoms with Crippen molar-refractivity contribution in [3.8, 4) is 0 Å². The normalized spacial score (nSPS) is 18.8. The molecule has 2 heterocycles. The molecule has 0 saturated carbocycles. The van der Waals surface area contributed by atoms with E-state index in [1.54, 1.807) is 0 Å². The van der Waals surface area contributed by atoms with Gasteiger partial charge in [-0.2, -0.15) is 0 Å². The average molecular weight is 271 g/mol. The van der Waals surface area contributed by atoms with E-state index in [1.807, 2.05) is 0 Å². The average Bonchev–Trinajstić information content (AvgIpc) is 2.86. The van der Waals surface area contributed by atoms with Crippen molar-refractivity contribution >= 4 is 11.0 Å². The van der Waals surface area contributed by atoms with Crippen LogP contribution in [0.15, 0.2) is 24.3 Å². The van der Waals surface area contributed by atoms with Crippen LogP contribution < -0.4 is 0 Å². The molecule has 0 amide bonds. The number of hydrogen-bond acceptors (Lipinski definition) is 2. The number of benzene rings is 1. The molecule has 0 bridgehead atoms. The van der Waals surface area contributed by atoms with E-state index in [0.717, 1.165) is 5.52 Å². The van der Waals surface area contributed by atoms with Gasteiger partial charge >= 0.3 is 0 Å². The van der Waals surface area contributed by atoms with Gasteiger partial charge in [0, 0.05) is 6.04 Å². The molecule has 108 valence electrons. The molecule has 0 radical (unpaired) electrons. The molecule has 3 rings (SSSR count). The van der Waals surface area contributed by atoms with Gasteiger partial charge in [-0.1, -0.05) is 18.6 Å². The predicted molar refractivity (Wildman–Crippen MR) is 84.0 cm³/mol. The number of likely N-dealkylation sites (tertiary alicyclic amines) is 1. The Morgan fingerprint density at radius 3 is 2.40 bits per heavy atom. The van der Waals surface area contributed by atoms with Crippen molar-refractivity contribution in [3.05, 3.63) is 30.1 Å². The van der Waals surface area contributed by atoms with E-state index in [0.29, 0.717) is 12.1 Å². The smallest absolute Gasteiger partial charge is 0.127 e. The molecule has 1 aromatic carbocycles. The number of imidazole rings is 1. The number of para-hydroxylation sites is 2. The third kappa shape index (κ3) is 2.35. The Balaban J connectivity index is 2.03. The number of piperidine rings is 1. The minimum absolute atomic E-state index is 0.408. The zero-order valence-electron chi connectivity index (χ0n) is 12.8. The van der Waals surface area contributed by atoms with Crippen LogP contribution in [-0.2, 0) is 0 Å². The topological polar surface area (TPSA) is 21.1 Å². The van der Waals surface area contributed by atoms with E-state index < -0.39 is 0 Å². The zero-order chi connectivity index (χ0) is 14.1. The molecule has 0 aliphatic carbocycles. The molecule has 0 N–H and O–H groups in total. The highest BCUT2D eigenvalue weighted by atomic mass is 15.2. The van der Waals surface area contributed by atoms with Crippen LogP contribution in [-0.4, -0.2) is 27.5 Å². The number of rotatable bonds is 3. The molecule has 0 spiro atoms. The van der Waals surface area contributed by atoms with E-state index >= 15 is 0 Å². The van der Waals surface area contributed by atoms with Crippen molar-refractivity contribution in [2.24, 2.45) is 0 Å². The van der Waals surface area contributed by atoms with Gasteiger partial charge in [0.05, 0.1) is 17.1 Å². The second-order valence-corrected chi connectivity index (χ2v) is 6.20. The van der Waals surface area contributed by atoms with E-state index in [-0.39, 0.29) is 0 Å². The predicted octanol–water partition coefficient (Wildman–Crippen LogP) is 4.16. The van der Waals surface area contributed by atoms with Crippen molar-refractivity contribution in [2.75, 3.05) is 13.1 Å². The molecule has 1 atom stereocenters. The van der Waals surface area contributed by atoms with E-state index in [9.17, 15) is 0 Å². The maximum Gasteiger partial charge on any atom is 0.127 e. The van der Waals surface area contributed by atoms with Crippen molar-refractivity contribution in [1.82, 2.24) is 14.5 Å². The quantitative estimate of drug-likeness (QED) is 0.835. The van der Waals surface area contributed by atoms with Crippen molar-refractivity contribution in [3.63, 3.8) is 0 Å². The van der Waals surface area contributed by atoms with E-state index in [1.165, 1.54) is 43.7 Å². The lowest BCUT2D eigenvalue weighted by Gasteiger charge is -2.32. The molecule has 1 aliphatic rings. The largest absolute Gasteiger partial charge is 0.324 e. The Bertz CT molecular complexity index is 579. The maximum atomic E-state index is 4.93. The molecule has 3 heteroatoms. The van der Waals surface area contributed by atoms with E-state index in [2.05, 4.69) is 54.5 Å². The fourth-order valence-electron chi connectivity index (χ4n) is 3.37. The molecule has 1 fully saturated rings. The SMILES string of the molecule is CC(c1nc2ccccc2n1C(C)C)N1CCCCC1. The molecular formula is C17H25N3. The summed E-state index contributed by atoms with van der Waals surface area (Å²) in [7, 11) is 0. The second kappa shape index (κ2) is 5.57. The van der Waals surface area contributed by atoms with Crippen LogP contribution in [0, 0.1) is 0 Å². The van der Waals surface area contributed by atoms with Gasteiger partial charge in [0.2, 0.25) is 0 Å². The van der Waals surface area contributed by atoms with Crippen LogP contribution >= 0.6 is 0 Å². The highest BCUT2D eigenvalue weighted by Gasteiger charge is 2.24. The Kier molecular flexibility index (Phi) is 3.79. The highest BCUT2D eigenvalue weighted by Crippen LogP contribution is 2.29. The van der Waals surface area contributed by atoms with Gasteiger partial charge in [-0.3, -0.25) is 4.90 Å². The number of nitrogens with zero attached hydrogens (tertiary/aromatic N) is 3. The Labute approximate surface area is 121 Å². The summed E-state index contributed by atoms with van der Waals surface area (Å²) in [5.74, 6) is 1.23. The summed E-state index contributed by atoms with van der Waals surface area (Å²) in [4.78, 5) is 7.52. The lowest BCUT2D eigenvalue weighted by Crippen LogP contribution is -2.33.